The van der Waals surface area contributed by atoms with Crippen LogP contribution in [0.2, 0.25) is 0 Å². The molecule has 8 nitrogen and oxygen atoms in total. The van der Waals surface area contributed by atoms with E-state index in [1.165, 1.54) is 0 Å². The second kappa shape index (κ2) is 10.2. The maximum atomic E-state index is 12.5. The Labute approximate surface area is 176 Å². The van der Waals surface area contributed by atoms with Gasteiger partial charge in [-0.25, -0.2) is 0 Å². The van der Waals surface area contributed by atoms with Crippen molar-refractivity contribution in [2.24, 2.45) is 0 Å². The Balaban J connectivity index is 2.11. The van der Waals surface area contributed by atoms with E-state index in [9.17, 15) is 10.1 Å². The van der Waals surface area contributed by atoms with Gasteiger partial charge in [-0.2, -0.15) is 10.4 Å². The lowest BCUT2D eigenvalue weighted by Crippen LogP contribution is -2.27. The third-order valence-electron chi connectivity index (χ3n) is 4.82. The van der Waals surface area contributed by atoms with Crippen LogP contribution in [0, 0.1) is 29.9 Å². The summed E-state index contributed by atoms with van der Waals surface area (Å²) in [7, 11) is 1.67. The number of nitrogens with one attached hydrogen (secondary N) is 2. The summed E-state index contributed by atoms with van der Waals surface area (Å²) in [5, 5.41) is 19.2. The van der Waals surface area contributed by atoms with Gasteiger partial charge in [-0.1, -0.05) is 0 Å². The molecule has 9 heteroatoms. The minimum atomic E-state index is -0.403. The molecule has 0 aliphatic carbocycles. The van der Waals surface area contributed by atoms with Crippen molar-refractivity contribution in [2.75, 3.05) is 20.3 Å². The molecule has 2 heterocycles. The van der Waals surface area contributed by atoms with Crippen LogP contribution in [0.1, 0.15) is 42.7 Å². The van der Waals surface area contributed by atoms with E-state index in [1.807, 2.05) is 37.5 Å². The Bertz CT molecular complexity index is 992. The van der Waals surface area contributed by atoms with Crippen molar-refractivity contribution in [2.45, 2.75) is 46.7 Å². The number of ether oxygens (including phenoxy) is 1. The van der Waals surface area contributed by atoms with E-state index in [4.69, 9.17) is 17.0 Å². The summed E-state index contributed by atoms with van der Waals surface area (Å²) in [6.07, 6.45) is 2.16. The van der Waals surface area contributed by atoms with Crippen LogP contribution in [-0.4, -0.2) is 45.5 Å². The number of carbonyl (C=O) groups is 1. The number of aromatic amines is 1. The maximum absolute atomic E-state index is 12.5. The highest BCUT2D eigenvalue weighted by Crippen LogP contribution is 2.22. The molecule has 1 amide bonds. The van der Waals surface area contributed by atoms with Crippen molar-refractivity contribution in [1.82, 2.24) is 24.6 Å². The third-order valence-corrected chi connectivity index (χ3v) is 5.14. The molecule has 156 valence electrons. The Morgan fingerprint density at radius 1 is 1.52 bits per heavy atom. The minimum absolute atomic E-state index is 0.0685. The lowest BCUT2D eigenvalue weighted by atomic mass is 10.1. The van der Waals surface area contributed by atoms with Gasteiger partial charge in [0.15, 0.2) is 4.77 Å². The Morgan fingerprint density at radius 2 is 2.24 bits per heavy atom. The minimum Gasteiger partial charge on any atom is -0.383 e. The van der Waals surface area contributed by atoms with Crippen LogP contribution in [0.15, 0.2) is 11.6 Å². The molecule has 0 saturated carbocycles. The van der Waals surface area contributed by atoms with Gasteiger partial charge in [-0.15, -0.1) is 0 Å². The zero-order chi connectivity index (χ0) is 21.6. The Morgan fingerprint density at radius 3 is 2.86 bits per heavy atom. The zero-order valence-electron chi connectivity index (χ0n) is 17.6. The molecular weight excluding hydrogens is 388 g/mol. The molecule has 0 aliphatic rings. The van der Waals surface area contributed by atoms with Gasteiger partial charge >= 0.3 is 0 Å². The van der Waals surface area contributed by atoms with Crippen LogP contribution in [0.4, 0.5) is 0 Å². The van der Waals surface area contributed by atoms with Crippen molar-refractivity contribution in [1.29, 1.82) is 5.26 Å². The average molecular weight is 417 g/mol. The smallest absolute Gasteiger partial charge is 0.261 e. The normalized spacial score (nSPS) is 12.6. The number of methoxy groups -OCH3 is 1. The fourth-order valence-corrected chi connectivity index (χ4v) is 3.78. The van der Waals surface area contributed by atoms with Crippen molar-refractivity contribution in [3.8, 4) is 6.07 Å². The molecule has 2 N–H and O–H groups in total. The number of amides is 1. The van der Waals surface area contributed by atoms with Crippen LogP contribution in [-0.2, 0) is 22.5 Å². The maximum Gasteiger partial charge on any atom is 0.261 e. The van der Waals surface area contributed by atoms with E-state index in [0.29, 0.717) is 30.9 Å². The highest BCUT2D eigenvalue weighted by molar-refractivity contribution is 7.71. The lowest BCUT2D eigenvalue weighted by Gasteiger charge is -2.17. The standard InChI is InChI=1S/C20H28N6O2S/c1-6-25-18(23-24-20(25)29)7-8-22-19(27)17(11-21)10-16-9-13(2)26(15(16)4)14(3)12-28-5/h9-10,14H,6-8,12H2,1-5H3,(H,22,27)(H,24,29)/b17-10-. The zero-order valence-corrected chi connectivity index (χ0v) is 18.4. The molecule has 0 radical (unpaired) electrons. The number of nitrogens with zero attached hydrogens (tertiary/aromatic N) is 4. The SMILES string of the molecule is CCn1c(CCNC(=O)/C(C#N)=C\c2cc(C)n(C(C)COC)c2C)n[nH]c1=S. The molecule has 0 saturated heterocycles. The fourth-order valence-electron chi connectivity index (χ4n) is 3.50. The third kappa shape index (κ3) is 5.22. The molecule has 0 aromatic carbocycles. The average Bonchev–Trinajstić information content (AvgIpc) is 3.18. The molecular formula is C20H28N6O2S. The highest BCUT2D eigenvalue weighted by atomic mass is 32.1. The first-order valence-electron chi connectivity index (χ1n) is 9.55. The monoisotopic (exact) mass is 416 g/mol. The number of hydrogen-bond donors (Lipinski definition) is 2. The van der Waals surface area contributed by atoms with Gasteiger partial charge in [0.2, 0.25) is 0 Å². The van der Waals surface area contributed by atoms with Crippen LogP contribution in [0.5, 0.6) is 0 Å². The summed E-state index contributed by atoms with van der Waals surface area (Å²) in [6, 6.07) is 4.15. The van der Waals surface area contributed by atoms with Crippen LogP contribution < -0.4 is 5.32 Å². The summed E-state index contributed by atoms with van der Waals surface area (Å²) >= 11 is 5.16. The first-order chi connectivity index (χ1) is 13.8. The van der Waals surface area contributed by atoms with Crippen molar-refractivity contribution in [3.63, 3.8) is 0 Å². The van der Waals surface area contributed by atoms with Crippen LogP contribution >= 0.6 is 12.2 Å². The second-order valence-electron chi connectivity index (χ2n) is 6.87. The predicted molar refractivity (Wildman–Crippen MR) is 114 cm³/mol. The first kappa shape index (κ1) is 22.6. The summed E-state index contributed by atoms with van der Waals surface area (Å²) in [5.41, 5.74) is 2.97. The molecule has 0 spiro atoms. The molecule has 2 rings (SSSR count). The van der Waals surface area contributed by atoms with Gasteiger partial charge < -0.3 is 19.2 Å². The summed E-state index contributed by atoms with van der Waals surface area (Å²) in [4.78, 5) is 12.5. The van der Waals surface area contributed by atoms with Crippen LogP contribution in [0.3, 0.4) is 0 Å². The number of H-pyrrole nitrogens is 1. The van der Waals surface area contributed by atoms with Crippen molar-refractivity contribution < 1.29 is 9.53 Å². The number of aromatic nitrogens is 4. The topological polar surface area (TPSA) is 101 Å². The molecule has 1 atom stereocenters. The van der Waals surface area contributed by atoms with Gasteiger partial charge in [0, 0.05) is 38.0 Å². The van der Waals surface area contributed by atoms with Gasteiger partial charge in [-0.3, -0.25) is 9.89 Å². The molecule has 0 fully saturated rings. The molecule has 0 bridgehead atoms. The van der Waals surface area contributed by atoms with Crippen molar-refractivity contribution >= 4 is 24.2 Å². The summed E-state index contributed by atoms with van der Waals surface area (Å²) < 4.78 is 9.83. The van der Waals surface area contributed by atoms with E-state index in [2.05, 4.69) is 27.0 Å². The molecule has 1 unspecified atom stereocenters. The van der Waals surface area contributed by atoms with E-state index in [1.54, 1.807) is 13.2 Å². The van der Waals surface area contributed by atoms with E-state index < -0.39 is 5.91 Å². The predicted octanol–water partition coefficient (Wildman–Crippen LogP) is 2.85. The molecule has 2 aromatic rings. The van der Waals surface area contributed by atoms with Gasteiger partial charge in [-0.05, 0) is 57.6 Å². The van der Waals surface area contributed by atoms with Gasteiger partial charge in [0.05, 0.1) is 12.6 Å². The van der Waals surface area contributed by atoms with E-state index in [-0.39, 0.29) is 11.6 Å². The first-order valence-corrected chi connectivity index (χ1v) is 9.96. The highest BCUT2D eigenvalue weighted by Gasteiger charge is 2.16. The summed E-state index contributed by atoms with van der Waals surface area (Å²) in [6.45, 7) is 9.69. The van der Waals surface area contributed by atoms with Crippen LogP contribution in [0.25, 0.3) is 6.08 Å². The quantitative estimate of drug-likeness (QED) is 0.372. The number of nitriles is 1. The molecule has 29 heavy (non-hydrogen) atoms. The summed E-state index contributed by atoms with van der Waals surface area (Å²) in [5.74, 6) is 0.371. The number of hydrogen-bond acceptors (Lipinski definition) is 5. The van der Waals surface area contributed by atoms with E-state index >= 15 is 0 Å². The van der Waals surface area contributed by atoms with Gasteiger partial charge in [0.25, 0.3) is 5.91 Å². The molecule has 0 aliphatic heterocycles. The number of carbonyl (C=O) groups excluding carboxylic acids is 1. The fraction of sp³-hybridized carbons (Fsp3) is 0.500. The molecule has 2 aromatic heterocycles. The largest absolute Gasteiger partial charge is 0.383 e. The van der Waals surface area contributed by atoms with Gasteiger partial charge in [0.1, 0.15) is 17.5 Å². The Kier molecular flexibility index (Phi) is 7.93. The lowest BCUT2D eigenvalue weighted by molar-refractivity contribution is -0.117. The van der Waals surface area contributed by atoms with E-state index in [0.717, 1.165) is 22.8 Å². The second-order valence-corrected chi connectivity index (χ2v) is 7.25. The number of rotatable bonds is 9. The Hall–Kier alpha value is -2.70. The van der Waals surface area contributed by atoms with Crippen molar-refractivity contribution in [3.05, 3.63) is 39.2 Å². The number of aryl methyl sites for hydroxylation is 1.